The molecule has 1 heterocycles. The molecule has 1 aliphatic heterocycles. The van der Waals surface area contributed by atoms with Gasteiger partial charge in [-0.15, -0.1) is 23.5 Å². The van der Waals surface area contributed by atoms with E-state index >= 15 is 0 Å². The molecule has 1 aliphatic rings. The molecule has 1 fully saturated rings. The minimum atomic E-state index is -1.04. The van der Waals surface area contributed by atoms with E-state index in [1.54, 1.807) is 0 Å². The van der Waals surface area contributed by atoms with Crippen molar-refractivity contribution in [2.24, 2.45) is 5.41 Å². The van der Waals surface area contributed by atoms with Crippen molar-refractivity contribution in [1.82, 2.24) is 0 Å². The van der Waals surface area contributed by atoms with Gasteiger partial charge in [0.1, 0.15) is 0 Å². The minimum Gasteiger partial charge on any atom is -0.142 e. The van der Waals surface area contributed by atoms with Crippen LogP contribution >= 0.6 is 29.6 Å². The van der Waals surface area contributed by atoms with E-state index in [0.717, 1.165) is 4.32 Å². The van der Waals surface area contributed by atoms with E-state index in [1.807, 2.05) is 0 Å². The molecule has 0 aromatic carbocycles. The highest BCUT2D eigenvalue weighted by atomic mass is 32.4. The first-order valence-electron chi connectivity index (χ1n) is 4.09. The minimum absolute atomic E-state index is 0.524. The number of thioether (sulfide) groups is 2. The summed E-state index contributed by atoms with van der Waals surface area (Å²) in [4.78, 5) is 0. The smallest absolute Gasteiger partial charge is 0.0784 e. The zero-order valence-electron chi connectivity index (χ0n) is 8.16. The number of hydrogen-bond acceptors (Lipinski definition) is 3. The predicted octanol–water partition coefficient (Wildman–Crippen LogP) is 3.52. The van der Waals surface area contributed by atoms with Crippen LogP contribution in [-0.2, 0) is 11.8 Å². The van der Waals surface area contributed by atoms with E-state index in [-0.39, 0.29) is 0 Å². The Labute approximate surface area is 89.7 Å². The maximum atomic E-state index is 5.55. The molecule has 0 aromatic rings. The summed E-state index contributed by atoms with van der Waals surface area (Å²) in [5.74, 6) is 2.56. The molecule has 0 saturated carbocycles. The monoisotopic (exact) mass is 240 g/mol. The molecule has 72 valence electrons. The average molecular weight is 240 g/mol. The lowest BCUT2D eigenvalue weighted by atomic mass is 10.0. The third kappa shape index (κ3) is 3.25. The maximum Gasteiger partial charge on any atom is 0.0784 e. The van der Waals surface area contributed by atoms with Crippen LogP contribution in [0.2, 0.25) is 0 Å². The summed E-state index contributed by atoms with van der Waals surface area (Å²) in [5, 5.41) is 0. The van der Waals surface area contributed by atoms with E-state index < -0.39 is 6.04 Å². The van der Waals surface area contributed by atoms with Crippen LogP contribution in [0.3, 0.4) is 0 Å². The Kier molecular flexibility index (Phi) is 3.66. The van der Waals surface area contributed by atoms with Gasteiger partial charge in [-0.25, -0.2) is 0 Å². The molecule has 0 atom stereocenters. The van der Waals surface area contributed by atoms with Gasteiger partial charge in [0.15, 0.2) is 0 Å². The molecule has 0 unspecified atom stereocenters. The van der Waals surface area contributed by atoms with Crippen molar-refractivity contribution in [2.45, 2.75) is 18.2 Å². The third-order valence-corrected chi connectivity index (χ3v) is 11.5. The van der Waals surface area contributed by atoms with Crippen LogP contribution < -0.4 is 0 Å². The van der Waals surface area contributed by atoms with Crippen molar-refractivity contribution in [3.8, 4) is 0 Å². The molecule has 0 aromatic heterocycles. The van der Waals surface area contributed by atoms with Crippen molar-refractivity contribution in [1.29, 1.82) is 0 Å². The molecule has 0 spiro atoms. The van der Waals surface area contributed by atoms with Gasteiger partial charge in [-0.1, -0.05) is 25.7 Å². The fourth-order valence-corrected chi connectivity index (χ4v) is 7.77. The molecule has 0 N–H and O–H groups in total. The number of hydrogen-bond donors (Lipinski definition) is 0. The van der Waals surface area contributed by atoms with Crippen LogP contribution in [-0.4, -0.2) is 29.2 Å². The van der Waals surface area contributed by atoms with Gasteiger partial charge in [0.2, 0.25) is 0 Å². The van der Waals surface area contributed by atoms with E-state index in [9.17, 15) is 0 Å². The van der Waals surface area contributed by atoms with Gasteiger partial charge in [0.25, 0.3) is 0 Å². The lowest BCUT2D eigenvalue weighted by Gasteiger charge is -2.36. The van der Waals surface area contributed by atoms with Crippen molar-refractivity contribution in [3.63, 3.8) is 0 Å². The molecule has 1 rings (SSSR count). The fraction of sp³-hybridized carbons (Fsp3) is 1.00. The summed E-state index contributed by atoms with van der Waals surface area (Å²) < 4.78 is 0.723. The summed E-state index contributed by atoms with van der Waals surface area (Å²) >= 11 is 9.72. The van der Waals surface area contributed by atoms with E-state index in [2.05, 4.69) is 50.7 Å². The maximum absolute atomic E-state index is 5.55. The van der Waals surface area contributed by atoms with Crippen molar-refractivity contribution < 1.29 is 0 Å². The second kappa shape index (κ2) is 3.84. The fourth-order valence-electron chi connectivity index (χ4n) is 1.04. The summed E-state index contributed by atoms with van der Waals surface area (Å²) in [7, 11) is 0. The Morgan fingerprint density at radius 1 is 1.25 bits per heavy atom. The first-order valence-corrected chi connectivity index (χ1v) is 9.95. The second-order valence-corrected chi connectivity index (χ2v) is 13.9. The van der Waals surface area contributed by atoms with Crippen LogP contribution in [0.5, 0.6) is 0 Å². The van der Waals surface area contributed by atoms with Gasteiger partial charge in [-0.2, -0.15) is 0 Å². The van der Waals surface area contributed by atoms with Crippen molar-refractivity contribution in [2.75, 3.05) is 24.8 Å². The second-order valence-electron chi connectivity index (χ2n) is 4.53. The van der Waals surface area contributed by atoms with Gasteiger partial charge >= 0.3 is 0 Å². The van der Waals surface area contributed by atoms with Crippen LogP contribution in [0.15, 0.2) is 0 Å². The normalized spacial score (nSPS) is 25.7. The highest BCUT2D eigenvalue weighted by Gasteiger charge is 2.31. The summed E-state index contributed by atoms with van der Waals surface area (Å²) in [6.07, 6.45) is 0. The molecule has 1 saturated heterocycles. The van der Waals surface area contributed by atoms with Crippen LogP contribution in [0.4, 0.5) is 0 Å². The standard InChI is InChI=1S/C8H17PS3/c1-8(2)5-11-7(12-6-8)9(3,4)10/h7H,5-6H2,1-4H3. The van der Waals surface area contributed by atoms with Crippen LogP contribution in [0, 0.1) is 5.41 Å². The molecular weight excluding hydrogens is 223 g/mol. The Morgan fingerprint density at radius 2 is 1.67 bits per heavy atom. The van der Waals surface area contributed by atoms with Crippen molar-refractivity contribution in [3.05, 3.63) is 0 Å². The summed E-state index contributed by atoms with van der Waals surface area (Å²) in [5.41, 5.74) is 0.524. The van der Waals surface area contributed by atoms with Gasteiger partial charge < -0.3 is 0 Å². The predicted molar refractivity (Wildman–Crippen MR) is 68.6 cm³/mol. The van der Waals surface area contributed by atoms with Gasteiger partial charge in [-0.05, 0) is 24.8 Å². The van der Waals surface area contributed by atoms with Crippen LogP contribution in [0.1, 0.15) is 13.8 Å². The number of rotatable bonds is 1. The molecule has 12 heavy (non-hydrogen) atoms. The molecule has 0 nitrogen and oxygen atoms in total. The molecule has 0 amide bonds. The summed E-state index contributed by atoms with van der Waals surface area (Å²) in [6.45, 7) is 9.23. The van der Waals surface area contributed by atoms with E-state index in [1.165, 1.54) is 11.5 Å². The molecule has 4 heteroatoms. The first-order chi connectivity index (χ1) is 5.31. The molecule has 0 bridgehead atoms. The highest BCUT2D eigenvalue weighted by molar-refractivity contribution is 8.33. The van der Waals surface area contributed by atoms with Gasteiger partial charge in [0, 0.05) is 11.5 Å². The molecule has 0 radical (unpaired) electrons. The lowest BCUT2D eigenvalue weighted by Crippen LogP contribution is -2.25. The zero-order valence-corrected chi connectivity index (χ0v) is 11.5. The molecular formula is C8H17PS3. The molecule has 0 aliphatic carbocycles. The Morgan fingerprint density at radius 3 is 2.00 bits per heavy atom. The van der Waals surface area contributed by atoms with Gasteiger partial charge in [0.05, 0.1) is 4.32 Å². The van der Waals surface area contributed by atoms with E-state index in [4.69, 9.17) is 11.8 Å². The van der Waals surface area contributed by atoms with Gasteiger partial charge in [-0.3, -0.25) is 0 Å². The summed E-state index contributed by atoms with van der Waals surface area (Å²) in [6, 6.07) is -1.04. The Hall–Kier alpha value is 1.35. The largest absolute Gasteiger partial charge is 0.142 e. The average Bonchev–Trinajstić information content (AvgIpc) is 1.83. The zero-order chi connectivity index (χ0) is 9.41. The first kappa shape index (κ1) is 11.4. The third-order valence-electron chi connectivity index (χ3n) is 1.74. The Balaban J connectivity index is 2.53. The van der Waals surface area contributed by atoms with Crippen molar-refractivity contribution >= 4 is 41.4 Å². The highest BCUT2D eigenvalue weighted by Crippen LogP contribution is 2.58. The quantitative estimate of drug-likeness (QED) is 0.644. The Bertz CT molecular complexity index is 196. The van der Waals surface area contributed by atoms with E-state index in [0.29, 0.717) is 5.41 Å². The van der Waals surface area contributed by atoms with Crippen LogP contribution in [0.25, 0.3) is 0 Å². The lowest BCUT2D eigenvalue weighted by molar-refractivity contribution is 0.490. The SMILES string of the molecule is CC1(C)CSC(P(C)(C)=S)SC1. The topological polar surface area (TPSA) is 0 Å².